The SMILES string of the molecule is C.C[C@@H](O)[C@H](NC(=O)c1ccc(C#Cc2ccc(NC(=O)CNC3CCCC(N)C3)cc2)cc1)C(=O)NO. The largest absolute Gasteiger partial charge is 0.391 e. The molecule has 3 amide bonds. The van der Waals surface area contributed by atoms with Gasteiger partial charge in [0, 0.05) is 34.5 Å². The fourth-order valence-electron chi connectivity index (χ4n) is 4.04. The highest BCUT2D eigenvalue weighted by Gasteiger charge is 2.25. The van der Waals surface area contributed by atoms with Crippen LogP contribution in [0.2, 0.25) is 0 Å². The van der Waals surface area contributed by atoms with Crippen molar-refractivity contribution in [2.24, 2.45) is 5.73 Å². The van der Waals surface area contributed by atoms with E-state index in [1.165, 1.54) is 12.4 Å². The first-order valence-corrected chi connectivity index (χ1v) is 12.2. The van der Waals surface area contributed by atoms with E-state index >= 15 is 0 Å². The van der Waals surface area contributed by atoms with E-state index in [-0.39, 0.29) is 37.5 Å². The molecular weight excluding hydrogens is 486 g/mol. The van der Waals surface area contributed by atoms with Crippen molar-refractivity contribution >= 4 is 23.4 Å². The second-order valence-electron chi connectivity index (χ2n) is 9.13. The minimum Gasteiger partial charge on any atom is -0.391 e. The Morgan fingerprint density at radius 2 is 1.63 bits per heavy atom. The van der Waals surface area contributed by atoms with Crippen molar-refractivity contribution in [1.29, 1.82) is 0 Å². The van der Waals surface area contributed by atoms with Crippen molar-refractivity contribution in [3.05, 3.63) is 65.2 Å². The quantitative estimate of drug-likeness (QED) is 0.156. The smallest absolute Gasteiger partial charge is 0.268 e. The minimum atomic E-state index is -1.29. The van der Waals surface area contributed by atoms with E-state index in [1.807, 2.05) is 0 Å². The molecule has 204 valence electrons. The molecule has 8 N–H and O–H groups in total. The van der Waals surface area contributed by atoms with Crippen LogP contribution in [0.25, 0.3) is 0 Å². The van der Waals surface area contributed by atoms with Crippen molar-refractivity contribution in [3.63, 3.8) is 0 Å². The van der Waals surface area contributed by atoms with Gasteiger partial charge in [-0.1, -0.05) is 25.7 Å². The van der Waals surface area contributed by atoms with E-state index < -0.39 is 24.0 Å². The second-order valence-corrected chi connectivity index (χ2v) is 9.13. The number of carbonyl (C=O) groups excluding carboxylic acids is 3. The maximum Gasteiger partial charge on any atom is 0.268 e. The fraction of sp³-hybridized carbons (Fsp3) is 0.393. The molecule has 0 spiro atoms. The molecule has 2 aromatic carbocycles. The van der Waals surface area contributed by atoms with Crippen LogP contribution in [-0.2, 0) is 9.59 Å². The van der Waals surface area contributed by atoms with E-state index in [0.29, 0.717) is 11.3 Å². The zero-order valence-electron chi connectivity index (χ0n) is 20.7. The minimum absolute atomic E-state index is 0. The Balaban J connectivity index is 0.00000507. The average molecular weight is 524 g/mol. The molecule has 1 aliphatic carbocycles. The van der Waals surface area contributed by atoms with Crippen molar-refractivity contribution in [3.8, 4) is 11.8 Å². The Bertz CT molecular complexity index is 1140. The Morgan fingerprint density at radius 3 is 2.18 bits per heavy atom. The summed E-state index contributed by atoms with van der Waals surface area (Å²) in [4.78, 5) is 36.2. The third-order valence-corrected chi connectivity index (χ3v) is 6.09. The lowest BCUT2D eigenvalue weighted by Gasteiger charge is -2.27. The lowest BCUT2D eigenvalue weighted by atomic mass is 9.92. The van der Waals surface area contributed by atoms with Gasteiger partial charge in [-0.05, 0) is 74.7 Å². The van der Waals surface area contributed by atoms with Gasteiger partial charge in [0.15, 0.2) is 0 Å². The van der Waals surface area contributed by atoms with Gasteiger partial charge in [0.2, 0.25) is 5.91 Å². The molecule has 0 bridgehead atoms. The van der Waals surface area contributed by atoms with Crippen LogP contribution in [0, 0.1) is 11.8 Å². The van der Waals surface area contributed by atoms with Crippen LogP contribution < -0.4 is 27.2 Å². The number of aliphatic hydroxyl groups excluding tert-OH is 1. The molecule has 10 nitrogen and oxygen atoms in total. The first kappa shape index (κ1) is 30.5. The molecule has 1 aliphatic rings. The molecule has 3 rings (SSSR count). The maximum absolute atomic E-state index is 12.4. The Hall–Kier alpha value is -3.75. The normalized spacial score (nSPS) is 18.0. The predicted molar refractivity (Wildman–Crippen MR) is 145 cm³/mol. The van der Waals surface area contributed by atoms with E-state index in [0.717, 1.165) is 31.2 Å². The summed E-state index contributed by atoms with van der Waals surface area (Å²) in [6, 6.07) is 12.8. The Labute approximate surface area is 223 Å². The topological polar surface area (TPSA) is 166 Å². The third kappa shape index (κ3) is 9.28. The lowest BCUT2D eigenvalue weighted by Crippen LogP contribution is -2.51. The van der Waals surface area contributed by atoms with Gasteiger partial charge in [-0.2, -0.15) is 0 Å². The van der Waals surface area contributed by atoms with Crippen LogP contribution in [0.1, 0.15) is 61.5 Å². The average Bonchev–Trinajstić information content (AvgIpc) is 2.90. The molecular formula is C28H37N5O5. The first-order valence-electron chi connectivity index (χ1n) is 12.2. The highest BCUT2D eigenvalue weighted by Crippen LogP contribution is 2.16. The predicted octanol–water partition coefficient (Wildman–Crippen LogP) is 1.51. The number of rotatable bonds is 8. The molecule has 10 heteroatoms. The number of carbonyl (C=O) groups is 3. The molecule has 1 fully saturated rings. The third-order valence-electron chi connectivity index (χ3n) is 6.09. The zero-order chi connectivity index (χ0) is 26.8. The van der Waals surface area contributed by atoms with Crippen molar-refractivity contribution in [2.75, 3.05) is 11.9 Å². The lowest BCUT2D eigenvalue weighted by molar-refractivity contribution is -0.133. The summed E-state index contributed by atoms with van der Waals surface area (Å²) in [5.74, 6) is 4.43. The van der Waals surface area contributed by atoms with Gasteiger partial charge in [0.25, 0.3) is 11.8 Å². The highest BCUT2D eigenvalue weighted by atomic mass is 16.5. The monoisotopic (exact) mass is 523 g/mol. The van der Waals surface area contributed by atoms with Gasteiger partial charge in [-0.3, -0.25) is 19.6 Å². The van der Waals surface area contributed by atoms with Crippen LogP contribution in [-0.4, -0.2) is 58.8 Å². The zero-order valence-corrected chi connectivity index (χ0v) is 20.7. The number of anilines is 1. The summed E-state index contributed by atoms with van der Waals surface area (Å²) in [5.41, 5.74) is 9.78. The van der Waals surface area contributed by atoms with Crippen LogP contribution in [0.15, 0.2) is 48.5 Å². The van der Waals surface area contributed by atoms with Gasteiger partial charge in [-0.15, -0.1) is 0 Å². The molecule has 0 aromatic heterocycles. The molecule has 2 unspecified atom stereocenters. The summed E-state index contributed by atoms with van der Waals surface area (Å²) in [6.07, 6.45) is 2.86. The second kappa shape index (κ2) is 14.9. The number of amides is 3. The van der Waals surface area contributed by atoms with Crippen LogP contribution in [0.3, 0.4) is 0 Å². The van der Waals surface area contributed by atoms with E-state index in [9.17, 15) is 19.5 Å². The van der Waals surface area contributed by atoms with E-state index in [4.69, 9.17) is 10.9 Å². The summed E-state index contributed by atoms with van der Waals surface area (Å²) >= 11 is 0. The molecule has 2 aromatic rings. The number of hydroxylamine groups is 1. The molecule has 38 heavy (non-hydrogen) atoms. The number of nitrogens with one attached hydrogen (secondary N) is 4. The summed E-state index contributed by atoms with van der Waals surface area (Å²) in [5, 5.41) is 26.9. The van der Waals surface area contributed by atoms with E-state index in [2.05, 4.69) is 27.8 Å². The van der Waals surface area contributed by atoms with Gasteiger partial charge in [-0.25, -0.2) is 5.48 Å². The maximum atomic E-state index is 12.4. The Kier molecular flexibility index (Phi) is 11.9. The summed E-state index contributed by atoms with van der Waals surface area (Å²) in [6.45, 7) is 1.56. The molecule has 0 radical (unpaired) electrons. The number of benzene rings is 2. The first-order chi connectivity index (χ1) is 17.7. The van der Waals surface area contributed by atoms with Crippen molar-refractivity contribution in [1.82, 2.24) is 16.1 Å². The number of hydrogen-bond donors (Lipinski definition) is 7. The van der Waals surface area contributed by atoms with Crippen molar-refractivity contribution < 1.29 is 24.7 Å². The number of aliphatic hydroxyl groups is 1. The highest BCUT2D eigenvalue weighted by molar-refractivity contribution is 5.97. The molecule has 0 aliphatic heterocycles. The van der Waals surface area contributed by atoms with E-state index in [1.54, 1.807) is 48.5 Å². The Morgan fingerprint density at radius 1 is 1.03 bits per heavy atom. The van der Waals surface area contributed by atoms with Crippen molar-refractivity contribution in [2.45, 2.75) is 64.3 Å². The molecule has 1 saturated carbocycles. The summed E-state index contributed by atoms with van der Waals surface area (Å²) in [7, 11) is 0. The van der Waals surface area contributed by atoms with Crippen LogP contribution in [0.5, 0.6) is 0 Å². The standard InChI is InChI=1S/C27H33N5O5.CH4/c1-17(33)25(27(36)32-37)31-26(35)20-11-7-18(8-12-20)5-6-19-9-13-22(14-10-19)30-24(34)16-29-23-4-2-3-21(28)15-23;/h7-14,17,21,23,25,29,33,37H,2-4,15-16,28H2,1H3,(H,30,34)(H,31,35)(H,32,36);1H4/t17-,21?,23?,25+;/m1./s1. The van der Waals surface area contributed by atoms with Gasteiger partial charge >= 0.3 is 0 Å². The number of hydrogen-bond acceptors (Lipinski definition) is 7. The fourth-order valence-corrected chi connectivity index (χ4v) is 4.04. The molecule has 0 heterocycles. The van der Waals surface area contributed by atoms with Gasteiger partial charge in [0.05, 0.1) is 12.6 Å². The van der Waals surface area contributed by atoms with Gasteiger partial charge in [0.1, 0.15) is 6.04 Å². The molecule has 4 atom stereocenters. The van der Waals surface area contributed by atoms with Crippen LogP contribution in [0.4, 0.5) is 5.69 Å². The number of nitrogens with two attached hydrogens (primary N) is 1. The van der Waals surface area contributed by atoms with Crippen LogP contribution >= 0.6 is 0 Å². The van der Waals surface area contributed by atoms with Gasteiger partial charge < -0.3 is 26.8 Å². The summed E-state index contributed by atoms with van der Waals surface area (Å²) < 4.78 is 0. The molecule has 0 saturated heterocycles.